The van der Waals surface area contributed by atoms with Gasteiger partial charge >= 0.3 is 0 Å². The molecule has 0 radical (unpaired) electrons. The molecule has 1 rings (SSSR count). The first-order chi connectivity index (χ1) is 4.45. The van der Waals surface area contributed by atoms with Gasteiger partial charge in [-0.25, -0.2) is 0 Å². The molecule has 0 aliphatic carbocycles. The molecule has 0 spiro atoms. The molecule has 0 saturated carbocycles. The SMILES string of the molecule is CC1OC(O)(S)C(O)=C1O. The summed E-state index contributed by atoms with van der Waals surface area (Å²) in [5.41, 5.74) is 0. The van der Waals surface area contributed by atoms with Gasteiger partial charge in [-0.15, -0.1) is 12.6 Å². The van der Waals surface area contributed by atoms with Gasteiger partial charge < -0.3 is 20.1 Å². The molecule has 1 aliphatic heterocycles. The summed E-state index contributed by atoms with van der Waals surface area (Å²) in [6.45, 7) is 1.49. The van der Waals surface area contributed by atoms with Gasteiger partial charge in [-0.05, 0) is 6.92 Å². The van der Waals surface area contributed by atoms with Gasteiger partial charge in [0.1, 0.15) is 6.10 Å². The number of aliphatic hydroxyl groups is 3. The van der Waals surface area contributed by atoms with Gasteiger partial charge in [-0.2, -0.15) is 0 Å². The Morgan fingerprint density at radius 1 is 1.60 bits per heavy atom. The molecule has 58 valence electrons. The summed E-state index contributed by atoms with van der Waals surface area (Å²) in [4.78, 5) is 0. The Kier molecular flexibility index (Phi) is 1.58. The molecule has 0 fully saturated rings. The van der Waals surface area contributed by atoms with Crippen molar-refractivity contribution in [2.45, 2.75) is 18.1 Å². The van der Waals surface area contributed by atoms with E-state index in [1.54, 1.807) is 0 Å². The van der Waals surface area contributed by atoms with E-state index in [4.69, 9.17) is 15.3 Å². The van der Waals surface area contributed by atoms with Crippen LogP contribution in [-0.4, -0.2) is 26.5 Å². The second kappa shape index (κ2) is 2.05. The molecule has 0 aromatic heterocycles. The minimum atomic E-state index is -2.02. The second-order valence-corrected chi connectivity index (χ2v) is 2.71. The molecule has 10 heavy (non-hydrogen) atoms. The summed E-state index contributed by atoms with van der Waals surface area (Å²) in [6, 6.07) is 0. The van der Waals surface area contributed by atoms with E-state index < -0.39 is 17.0 Å². The van der Waals surface area contributed by atoms with Crippen molar-refractivity contribution in [3.05, 3.63) is 11.5 Å². The van der Waals surface area contributed by atoms with Crippen LogP contribution in [0, 0.1) is 0 Å². The first-order valence-electron chi connectivity index (χ1n) is 2.70. The highest BCUT2D eigenvalue weighted by Crippen LogP contribution is 2.33. The molecule has 2 atom stereocenters. The molecule has 1 aliphatic rings. The van der Waals surface area contributed by atoms with Crippen LogP contribution in [0.2, 0.25) is 0 Å². The van der Waals surface area contributed by atoms with Crippen LogP contribution in [0.4, 0.5) is 0 Å². The van der Waals surface area contributed by atoms with Gasteiger partial charge in [0, 0.05) is 0 Å². The predicted octanol–water partition coefficient (Wildman–Crippen LogP) is 0.309. The number of ether oxygens (including phenoxy) is 1. The van der Waals surface area contributed by atoms with Crippen LogP contribution in [0.25, 0.3) is 0 Å². The van der Waals surface area contributed by atoms with E-state index >= 15 is 0 Å². The molecule has 0 aromatic carbocycles. The molecule has 3 N–H and O–H groups in total. The third-order valence-electron chi connectivity index (χ3n) is 1.28. The van der Waals surface area contributed by atoms with Crippen LogP contribution >= 0.6 is 12.6 Å². The maximum Gasteiger partial charge on any atom is 0.277 e. The zero-order valence-electron chi connectivity index (χ0n) is 5.27. The Morgan fingerprint density at radius 3 is 2.20 bits per heavy atom. The quantitative estimate of drug-likeness (QED) is 0.307. The lowest BCUT2D eigenvalue weighted by molar-refractivity contribution is -0.121. The standard InChI is InChI=1S/C5H8O4S/c1-2-3(6)4(7)5(8,10)9-2/h2,6-8,10H,1H3. The van der Waals surface area contributed by atoms with Crippen LogP contribution in [-0.2, 0) is 4.74 Å². The summed E-state index contributed by atoms with van der Waals surface area (Å²) < 4.78 is 4.62. The van der Waals surface area contributed by atoms with Crippen LogP contribution in [0.15, 0.2) is 11.5 Å². The molecule has 0 saturated heterocycles. The maximum atomic E-state index is 8.98. The van der Waals surface area contributed by atoms with Crippen molar-refractivity contribution in [1.82, 2.24) is 0 Å². The van der Waals surface area contributed by atoms with Crippen LogP contribution < -0.4 is 0 Å². The summed E-state index contributed by atoms with van der Waals surface area (Å²) >= 11 is 3.53. The first kappa shape index (κ1) is 7.71. The van der Waals surface area contributed by atoms with E-state index in [1.165, 1.54) is 6.92 Å². The lowest BCUT2D eigenvalue weighted by atomic mass is 10.3. The topological polar surface area (TPSA) is 69.9 Å². The van der Waals surface area contributed by atoms with Crippen LogP contribution in [0.5, 0.6) is 0 Å². The highest BCUT2D eigenvalue weighted by molar-refractivity contribution is 7.81. The zero-order chi connectivity index (χ0) is 7.94. The summed E-state index contributed by atoms with van der Waals surface area (Å²) in [6.07, 6.45) is -0.706. The Morgan fingerprint density at radius 2 is 2.10 bits per heavy atom. The number of hydrogen-bond donors (Lipinski definition) is 4. The van der Waals surface area contributed by atoms with Crippen molar-refractivity contribution in [2.75, 3.05) is 0 Å². The Balaban J connectivity index is 2.95. The predicted molar refractivity (Wildman–Crippen MR) is 36.8 cm³/mol. The monoisotopic (exact) mass is 164 g/mol. The van der Waals surface area contributed by atoms with Gasteiger partial charge in [-0.1, -0.05) is 0 Å². The second-order valence-electron chi connectivity index (χ2n) is 2.10. The molecule has 0 bridgehead atoms. The fourth-order valence-corrected chi connectivity index (χ4v) is 0.990. The van der Waals surface area contributed by atoms with E-state index in [0.29, 0.717) is 0 Å². The number of rotatable bonds is 0. The Hall–Kier alpha value is -0.390. The molecule has 2 unspecified atom stereocenters. The molecule has 1 heterocycles. The fourth-order valence-electron chi connectivity index (χ4n) is 0.718. The average molecular weight is 164 g/mol. The molecule has 5 heteroatoms. The van der Waals surface area contributed by atoms with Gasteiger partial charge in [0.2, 0.25) is 5.76 Å². The highest BCUT2D eigenvalue weighted by atomic mass is 32.1. The van der Waals surface area contributed by atoms with Crippen LogP contribution in [0.1, 0.15) is 6.92 Å². The van der Waals surface area contributed by atoms with Crippen molar-refractivity contribution in [2.24, 2.45) is 0 Å². The molecule has 0 aromatic rings. The van der Waals surface area contributed by atoms with Crippen LogP contribution in [0.3, 0.4) is 0 Å². The van der Waals surface area contributed by atoms with Gasteiger partial charge in [-0.3, -0.25) is 0 Å². The van der Waals surface area contributed by atoms with Crippen molar-refractivity contribution in [1.29, 1.82) is 0 Å². The van der Waals surface area contributed by atoms with E-state index in [0.717, 1.165) is 0 Å². The van der Waals surface area contributed by atoms with Gasteiger partial charge in [0.15, 0.2) is 5.76 Å². The van der Waals surface area contributed by atoms with Crippen molar-refractivity contribution in [3.8, 4) is 0 Å². The zero-order valence-corrected chi connectivity index (χ0v) is 6.17. The normalized spacial score (nSPS) is 40.9. The van der Waals surface area contributed by atoms with Gasteiger partial charge in [0.25, 0.3) is 5.12 Å². The molecular weight excluding hydrogens is 156 g/mol. The molecule has 0 amide bonds. The van der Waals surface area contributed by atoms with E-state index in [1.807, 2.05) is 0 Å². The number of thiol groups is 1. The van der Waals surface area contributed by atoms with E-state index in [-0.39, 0.29) is 5.76 Å². The third kappa shape index (κ3) is 0.960. The number of aliphatic hydroxyl groups excluding tert-OH is 2. The minimum absolute atomic E-state index is 0.377. The minimum Gasteiger partial charge on any atom is -0.506 e. The number of hydrogen-bond acceptors (Lipinski definition) is 5. The Bertz CT molecular complexity index is 186. The lowest BCUT2D eigenvalue weighted by Gasteiger charge is -2.14. The third-order valence-corrected chi connectivity index (χ3v) is 1.59. The maximum absolute atomic E-state index is 8.98. The first-order valence-corrected chi connectivity index (χ1v) is 3.15. The summed E-state index contributed by atoms with van der Waals surface area (Å²) in [5, 5.41) is 24.7. The highest BCUT2D eigenvalue weighted by Gasteiger charge is 2.42. The van der Waals surface area contributed by atoms with E-state index in [9.17, 15) is 0 Å². The summed E-state index contributed by atoms with van der Waals surface area (Å²) in [5.74, 6) is -1.01. The van der Waals surface area contributed by atoms with E-state index in [2.05, 4.69) is 17.4 Å². The molecular formula is C5H8O4S. The average Bonchev–Trinajstić information content (AvgIpc) is 1.95. The lowest BCUT2D eigenvalue weighted by Crippen LogP contribution is -2.24. The molecule has 4 nitrogen and oxygen atoms in total. The van der Waals surface area contributed by atoms with Crippen molar-refractivity contribution < 1.29 is 20.1 Å². The summed E-state index contributed by atoms with van der Waals surface area (Å²) in [7, 11) is 0. The fraction of sp³-hybridized carbons (Fsp3) is 0.600. The van der Waals surface area contributed by atoms with Crippen molar-refractivity contribution in [3.63, 3.8) is 0 Å². The van der Waals surface area contributed by atoms with Crippen molar-refractivity contribution >= 4 is 12.6 Å². The Labute approximate surface area is 63.2 Å². The largest absolute Gasteiger partial charge is 0.506 e. The smallest absolute Gasteiger partial charge is 0.277 e. The van der Waals surface area contributed by atoms with Gasteiger partial charge in [0.05, 0.1) is 0 Å².